The normalized spacial score (nSPS) is 10.5. The Morgan fingerprint density at radius 3 is 2.35 bits per heavy atom. The molecule has 0 bridgehead atoms. The zero-order valence-electron chi connectivity index (χ0n) is 11.4. The van der Waals surface area contributed by atoms with Crippen LogP contribution in [0.3, 0.4) is 0 Å². The third-order valence-corrected chi connectivity index (χ3v) is 5.56. The fraction of sp³-hybridized carbons (Fsp3) is 0.125. The Morgan fingerprint density at radius 1 is 0.950 bits per heavy atom. The Balaban J connectivity index is 2.13. The zero-order valence-corrected chi connectivity index (χ0v) is 13.2. The summed E-state index contributed by atoms with van der Waals surface area (Å²) in [5.41, 5.74) is 3.23. The van der Waals surface area contributed by atoms with Crippen molar-refractivity contribution < 1.29 is 0 Å². The van der Waals surface area contributed by atoms with Crippen molar-refractivity contribution in [2.45, 2.75) is 0 Å². The second kappa shape index (κ2) is 5.61. The number of nitrogens with zero attached hydrogens (tertiary/aromatic N) is 3. The molecule has 3 aromatic rings. The number of pyridine rings is 1. The molecule has 0 spiro atoms. The number of benzene rings is 1. The number of aromatic nitrogens is 2. The molecular formula is C16H15N3Se. The van der Waals surface area contributed by atoms with Gasteiger partial charge in [0.05, 0.1) is 0 Å². The summed E-state index contributed by atoms with van der Waals surface area (Å²) in [6.07, 6.45) is 1.82. The SMILES string of the molecule is CN(C)c1[se]c(-c2ccccn2)nc1-c1ccccc1. The first-order chi connectivity index (χ1) is 9.75. The predicted octanol–water partition coefficient (Wildman–Crippen LogP) is 2.93. The van der Waals surface area contributed by atoms with Crippen LogP contribution >= 0.6 is 0 Å². The molecule has 0 N–H and O–H groups in total. The molecule has 2 aromatic heterocycles. The van der Waals surface area contributed by atoms with Crippen LogP contribution in [-0.2, 0) is 0 Å². The average Bonchev–Trinajstić information content (AvgIpc) is 2.94. The number of rotatable bonds is 3. The number of hydrogen-bond donors (Lipinski definition) is 0. The predicted molar refractivity (Wildman–Crippen MR) is 84.2 cm³/mol. The molecular weight excluding hydrogens is 313 g/mol. The van der Waals surface area contributed by atoms with Crippen LogP contribution in [0.4, 0.5) is 4.56 Å². The van der Waals surface area contributed by atoms with E-state index in [1.807, 2.05) is 30.5 Å². The van der Waals surface area contributed by atoms with Crippen LogP contribution in [0.1, 0.15) is 0 Å². The number of hydrogen-bond acceptors (Lipinski definition) is 3. The molecule has 3 nitrogen and oxygen atoms in total. The van der Waals surface area contributed by atoms with Crippen molar-refractivity contribution in [3.63, 3.8) is 0 Å². The summed E-state index contributed by atoms with van der Waals surface area (Å²) in [6, 6.07) is 16.3. The van der Waals surface area contributed by atoms with Gasteiger partial charge in [0.25, 0.3) is 0 Å². The van der Waals surface area contributed by atoms with Crippen molar-refractivity contribution in [2.75, 3.05) is 19.0 Å². The molecule has 0 amide bonds. The summed E-state index contributed by atoms with van der Waals surface area (Å²) in [5, 5.41) is 0. The van der Waals surface area contributed by atoms with E-state index in [-0.39, 0.29) is 14.5 Å². The van der Waals surface area contributed by atoms with Gasteiger partial charge in [-0.05, 0) is 0 Å². The molecule has 0 atom stereocenters. The van der Waals surface area contributed by atoms with Crippen LogP contribution in [0.15, 0.2) is 54.7 Å². The first-order valence-electron chi connectivity index (χ1n) is 6.40. The average molecular weight is 328 g/mol. The van der Waals surface area contributed by atoms with Gasteiger partial charge < -0.3 is 0 Å². The Hall–Kier alpha value is -1.90. The summed E-state index contributed by atoms with van der Waals surface area (Å²) < 4.78 is 2.39. The minimum atomic E-state index is 0.197. The van der Waals surface area contributed by atoms with Crippen LogP contribution < -0.4 is 4.90 Å². The van der Waals surface area contributed by atoms with Crippen molar-refractivity contribution in [3.8, 4) is 21.5 Å². The maximum absolute atomic E-state index is 4.85. The van der Waals surface area contributed by atoms with Crippen molar-refractivity contribution in [2.24, 2.45) is 0 Å². The van der Waals surface area contributed by atoms with Gasteiger partial charge in [0, 0.05) is 0 Å². The van der Waals surface area contributed by atoms with Gasteiger partial charge in [0.2, 0.25) is 0 Å². The van der Waals surface area contributed by atoms with Crippen LogP contribution in [0.5, 0.6) is 0 Å². The summed E-state index contributed by atoms with van der Waals surface area (Å²) in [4.78, 5) is 11.4. The minimum absolute atomic E-state index is 0.197. The molecule has 0 aliphatic heterocycles. The van der Waals surface area contributed by atoms with Gasteiger partial charge in [-0.2, -0.15) is 0 Å². The first kappa shape index (κ1) is 13.1. The van der Waals surface area contributed by atoms with E-state index in [1.54, 1.807) is 0 Å². The summed E-state index contributed by atoms with van der Waals surface area (Å²) in [7, 11) is 4.16. The fourth-order valence-corrected chi connectivity index (χ4v) is 4.07. The molecule has 0 radical (unpaired) electrons. The summed E-state index contributed by atoms with van der Waals surface area (Å²) in [6.45, 7) is 0. The Labute approximate surface area is 124 Å². The van der Waals surface area contributed by atoms with Crippen molar-refractivity contribution in [3.05, 3.63) is 54.7 Å². The quantitative estimate of drug-likeness (QED) is 0.692. The van der Waals surface area contributed by atoms with Gasteiger partial charge in [-0.3, -0.25) is 0 Å². The van der Waals surface area contributed by atoms with E-state index in [2.05, 4.69) is 48.2 Å². The molecule has 4 heteroatoms. The molecule has 0 aliphatic carbocycles. The molecule has 1 aromatic carbocycles. The van der Waals surface area contributed by atoms with Crippen LogP contribution in [-0.4, -0.2) is 38.6 Å². The topological polar surface area (TPSA) is 29.0 Å². The van der Waals surface area contributed by atoms with E-state index >= 15 is 0 Å². The van der Waals surface area contributed by atoms with Gasteiger partial charge in [-0.15, -0.1) is 0 Å². The van der Waals surface area contributed by atoms with E-state index in [4.69, 9.17) is 4.98 Å². The Kier molecular flexibility index (Phi) is 3.68. The van der Waals surface area contributed by atoms with Crippen molar-refractivity contribution >= 4 is 19.1 Å². The molecule has 0 fully saturated rings. The van der Waals surface area contributed by atoms with E-state index in [0.29, 0.717) is 0 Å². The molecule has 0 unspecified atom stereocenters. The summed E-state index contributed by atoms with van der Waals surface area (Å²) >= 11 is 0.197. The van der Waals surface area contributed by atoms with Gasteiger partial charge in [-0.1, -0.05) is 0 Å². The molecule has 20 heavy (non-hydrogen) atoms. The Bertz CT molecular complexity index is 690. The molecule has 0 saturated heterocycles. The van der Waals surface area contributed by atoms with Crippen molar-refractivity contribution in [1.29, 1.82) is 0 Å². The molecule has 0 saturated carbocycles. The molecule has 2 heterocycles. The number of anilines is 1. The first-order valence-corrected chi connectivity index (χ1v) is 8.12. The second-order valence-electron chi connectivity index (χ2n) is 4.65. The monoisotopic (exact) mass is 329 g/mol. The summed E-state index contributed by atoms with van der Waals surface area (Å²) in [5.74, 6) is 0. The van der Waals surface area contributed by atoms with E-state index in [9.17, 15) is 0 Å². The van der Waals surface area contributed by atoms with E-state index in [0.717, 1.165) is 16.0 Å². The van der Waals surface area contributed by atoms with Crippen molar-refractivity contribution in [1.82, 2.24) is 9.97 Å². The van der Waals surface area contributed by atoms with E-state index < -0.39 is 0 Å². The van der Waals surface area contributed by atoms with Crippen LogP contribution in [0.25, 0.3) is 21.5 Å². The van der Waals surface area contributed by atoms with Crippen LogP contribution in [0, 0.1) is 0 Å². The molecule has 0 aliphatic rings. The van der Waals surface area contributed by atoms with Gasteiger partial charge >= 0.3 is 124 Å². The standard InChI is InChI=1S/C16H15N3Se/c1-19(2)16-14(12-8-4-3-5-9-12)18-15(20-16)13-10-6-7-11-17-13/h3-11H,1-2H3. The Morgan fingerprint density at radius 2 is 1.70 bits per heavy atom. The fourth-order valence-electron chi connectivity index (χ4n) is 2.00. The van der Waals surface area contributed by atoms with E-state index in [1.165, 1.54) is 10.1 Å². The van der Waals surface area contributed by atoms with Crippen LogP contribution in [0.2, 0.25) is 0 Å². The second-order valence-corrected chi connectivity index (χ2v) is 6.70. The molecule has 100 valence electrons. The third kappa shape index (κ3) is 2.53. The van der Waals surface area contributed by atoms with Gasteiger partial charge in [-0.25, -0.2) is 0 Å². The van der Waals surface area contributed by atoms with Gasteiger partial charge in [0.15, 0.2) is 0 Å². The third-order valence-electron chi connectivity index (χ3n) is 2.95. The molecule has 3 rings (SSSR count). The zero-order chi connectivity index (χ0) is 13.9. The maximum atomic E-state index is 4.85. The van der Waals surface area contributed by atoms with Gasteiger partial charge in [0.1, 0.15) is 0 Å².